The standard InChI is InChI=1S/C13H9ClFIO/c14-12-6-1-3-9(13(12)15)8-17-11-5-2-4-10(16)7-11/h1-7H,8H2. The molecule has 0 radical (unpaired) electrons. The lowest BCUT2D eigenvalue weighted by atomic mass is 10.2. The van der Waals surface area contributed by atoms with Gasteiger partial charge in [-0.1, -0.05) is 29.8 Å². The molecule has 0 aliphatic heterocycles. The normalized spacial score (nSPS) is 10.3. The summed E-state index contributed by atoms with van der Waals surface area (Å²) >= 11 is 7.89. The molecule has 0 atom stereocenters. The van der Waals surface area contributed by atoms with Gasteiger partial charge in [0, 0.05) is 9.13 Å². The lowest BCUT2D eigenvalue weighted by Crippen LogP contribution is -1.98. The monoisotopic (exact) mass is 362 g/mol. The molecule has 2 rings (SSSR count). The van der Waals surface area contributed by atoms with Crippen LogP contribution in [0.25, 0.3) is 0 Å². The van der Waals surface area contributed by atoms with E-state index in [4.69, 9.17) is 16.3 Å². The van der Waals surface area contributed by atoms with E-state index in [-0.39, 0.29) is 11.6 Å². The van der Waals surface area contributed by atoms with Crippen LogP contribution in [0.5, 0.6) is 5.75 Å². The molecule has 1 nitrogen and oxygen atoms in total. The van der Waals surface area contributed by atoms with E-state index in [1.807, 2.05) is 24.3 Å². The van der Waals surface area contributed by atoms with E-state index in [2.05, 4.69) is 22.6 Å². The summed E-state index contributed by atoms with van der Waals surface area (Å²) in [5.74, 6) is 0.302. The van der Waals surface area contributed by atoms with Crippen molar-refractivity contribution in [1.29, 1.82) is 0 Å². The molecule has 0 fully saturated rings. The Hall–Kier alpha value is -0.810. The van der Waals surface area contributed by atoms with Crippen LogP contribution >= 0.6 is 34.2 Å². The minimum Gasteiger partial charge on any atom is -0.489 e. The first-order chi connectivity index (χ1) is 8.16. The Bertz CT molecular complexity index is 531. The molecule has 2 aromatic rings. The second kappa shape index (κ2) is 5.69. The molecule has 0 bridgehead atoms. The summed E-state index contributed by atoms with van der Waals surface area (Å²) in [6, 6.07) is 12.5. The number of halogens is 3. The van der Waals surface area contributed by atoms with Crippen LogP contribution < -0.4 is 4.74 Å². The van der Waals surface area contributed by atoms with Crippen molar-refractivity contribution in [3.8, 4) is 5.75 Å². The molecule has 0 heterocycles. The lowest BCUT2D eigenvalue weighted by molar-refractivity contribution is 0.299. The average Bonchev–Trinajstić information content (AvgIpc) is 2.31. The molecular formula is C13H9ClFIO. The SMILES string of the molecule is Fc1c(Cl)cccc1COc1cccc(I)c1. The summed E-state index contributed by atoms with van der Waals surface area (Å²) in [5.41, 5.74) is 0.455. The number of hydrogen-bond donors (Lipinski definition) is 0. The predicted octanol–water partition coefficient (Wildman–Crippen LogP) is 4.66. The van der Waals surface area contributed by atoms with Gasteiger partial charge in [0.05, 0.1) is 5.02 Å². The molecule has 0 saturated heterocycles. The van der Waals surface area contributed by atoms with Crippen molar-refractivity contribution in [3.05, 3.63) is 62.4 Å². The highest BCUT2D eigenvalue weighted by molar-refractivity contribution is 14.1. The van der Waals surface area contributed by atoms with Gasteiger partial charge < -0.3 is 4.74 Å². The highest BCUT2D eigenvalue weighted by atomic mass is 127. The molecule has 4 heteroatoms. The van der Waals surface area contributed by atoms with E-state index < -0.39 is 5.82 Å². The van der Waals surface area contributed by atoms with Crippen molar-refractivity contribution in [3.63, 3.8) is 0 Å². The van der Waals surface area contributed by atoms with Crippen molar-refractivity contribution in [1.82, 2.24) is 0 Å². The Morgan fingerprint density at radius 3 is 2.71 bits per heavy atom. The first-order valence-corrected chi connectivity index (χ1v) is 6.44. The van der Waals surface area contributed by atoms with Gasteiger partial charge in [-0.2, -0.15) is 0 Å². The number of rotatable bonds is 3. The maximum Gasteiger partial charge on any atom is 0.148 e. The zero-order chi connectivity index (χ0) is 12.3. The Labute approximate surface area is 118 Å². The molecule has 0 saturated carbocycles. The van der Waals surface area contributed by atoms with E-state index in [0.29, 0.717) is 5.56 Å². The molecule has 0 spiro atoms. The van der Waals surface area contributed by atoms with Crippen LogP contribution in [0.1, 0.15) is 5.56 Å². The summed E-state index contributed by atoms with van der Waals surface area (Å²) in [7, 11) is 0. The summed E-state index contributed by atoms with van der Waals surface area (Å²) in [6.45, 7) is 0.173. The van der Waals surface area contributed by atoms with Gasteiger partial charge in [-0.15, -0.1) is 0 Å². The average molecular weight is 363 g/mol. The summed E-state index contributed by atoms with van der Waals surface area (Å²) < 4.78 is 20.2. The van der Waals surface area contributed by atoms with Crippen molar-refractivity contribution in [2.24, 2.45) is 0 Å². The van der Waals surface area contributed by atoms with E-state index >= 15 is 0 Å². The molecule has 17 heavy (non-hydrogen) atoms. The zero-order valence-electron chi connectivity index (χ0n) is 8.79. The van der Waals surface area contributed by atoms with Gasteiger partial charge >= 0.3 is 0 Å². The smallest absolute Gasteiger partial charge is 0.148 e. The van der Waals surface area contributed by atoms with Gasteiger partial charge in [0.2, 0.25) is 0 Å². The fraction of sp³-hybridized carbons (Fsp3) is 0.0769. The molecular weight excluding hydrogens is 353 g/mol. The fourth-order valence-electron chi connectivity index (χ4n) is 1.38. The minimum absolute atomic E-state index is 0.119. The van der Waals surface area contributed by atoms with Crippen molar-refractivity contribution < 1.29 is 9.13 Å². The largest absolute Gasteiger partial charge is 0.489 e. The van der Waals surface area contributed by atoms with E-state index in [9.17, 15) is 4.39 Å². The highest BCUT2D eigenvalue weighted by Gasteiger charge is 2.06. The molecule has 0 aromatic heterocycles. The maximum atomic E-state index is 13.6. The van der Waals surface area contributed by atoms with Gasteiger partial charge in [-0.05, 0) is 46.9 Å². The van der Waals surface area contributed by atoms with Crippen LogP contribution in [-0.4, -0.2) is 0 Å². The second-order valence-electron chi connectivity index (χ2n) is 3.46. The zero-order valence-corrected chi connectivity index (χ0v) is 11.7. The first-order valence-electron chi connectivity index (χ1n) is 4.98. The molecule has 0 aliphatic rings. The number of ether oxygens (including phenoxy) is 1. The molecule has 0 N–H and O–H groups in total. The van der Waals surface area contributed by atoms with Gasteiger partial charge in [-0.25, -0.2) is 4.39 Å². The van der Waals surface area contributed by atoms with Crippen molar-refractivity contribution in [2.75, 3.05) is 0 Å². The van der Waals surface area contributed by atoms with Crippen LogP contribution in [0.2, 0.25) is 5.02 Å². The van der Waals surface area contributed by atoms with Gasteiger partial charge in [0.25, 0.3) is 0 Å². The number of benzene rings is 2. The Kier molecular flexibility index (Phi) is 4.23. The predicted molar refractivity (Wildman–Crippen MR) is 74.9 cm³/mol. The van der Waals surface area contributed by atoms with Crippen molar-refractivity contribution >= 4 is 34.2 Å². The molecule has 2 aromatic carbocycles. The summed E-state index contributed by atoms with van der Waals surface area (Å²) in [6.07, 6.45) is 0. The Balaban J connectivity index is 2.10. The third-order valence-corrected chi connectivity index (χ3v) is 3.18. The maximum absolute atomic E-state index is 13.6. The Morgan fingerprint density at radius 1 is 1.18 bits per heavy atom. The molecule has 0 unspecified atom stereocenters. The van der Waals surface area contributed by atoms with Crippen LogP contribution in [0.15, 0.2) is 42.5 Å². The summed E-state index contributed by atoms with van der Waals surface area (Å²) in [4.78, 5) is 0. The van der Waals surface area contributed by atoms with Crippen LogP contribution in [-0.2, 0) is 6.61 Å². The third-order valence-electron chi connectivity index (χ3n) is 2.22. The van der Waals surface area contributed by atoms with Crippen molar-refractivity contribution in [2.45, 2.75) is 6.61 Å². The topological polar surface area (TPSA) is 9.23 Å². The number of hydrogen-bond acceptors (Lipinski definition) is 1. The third kappa shape index (κ3) is 3.33. The van der Waals surface area contributed by atoms with Crippen LogP contribution in [0.4, 0.5) is 4.39 Å². The van der Waals surface area contributed by atoms with Gasteiger partial charge in [0.15, 0.2) is 0 Å². The highest BCUT2D eigenvalue weighted by Crippen LogP contribution is 2.20. The first kappa shape index (κ1) is 12.6. The van der Waals surface area contributed by atoms with E-state index in [1.165, 1.54) is 6.07 Å². The molecule has 0 aliphatic carbocycles. The van der Waals surface area contributed by atoms with Crippen LogP contribution in [0, 0.1) is 9.39 Å². The fourth-order valence-corrected chi connectivity index (χ4v) is 2.09. The Morgan fingerprint density at radius 2 is 1.94 bits per heavy atom. The minimum atomic E-state index is -0.417. The molecule has 0 amide bonds. The van der Waals surface area contributed by atoms with Crippen LogP contribution in [0.3, 0.4) is 0 Å². The van der Waals surface area contributed by atoms with E-state index in [0.717, 1.165) is 9.32 Å². The van der Waals surface area contributed by atoms with E-state index in [1.54, 1.807) is 12.1 Å². The second-order valence-corrected chi connectivity index (χ2v) is 5.11. The molecule has 88 valence electrons. The van der Waals surface area contributed by atoms with Gasteiger partial charge in [-0.3, -0.25) is 0 Å². The summed E-state index contributed by atoms with van der Waals surface area (Å²) in [5, 5.41) is 0.119. The lowest BCUT2D eigenvalue weighted by Gasteiger charge is -2.08. The quantitative estimate of drug-likeness (QED) is 0.722. The van der Waals surface area contributed by atoms with Gasteiger partial charge in [0.1, 0.15) is 18.2 Å².